The second kappa shape index (κ2) is 12.8. The van der Waals surface area contributed by atoms with E-state index in [4.69, 9.17) is 0 Å². The second-order valence-corrected chi connectivity index (χ2v) is 11.0. The fourth-order valence-electron chi connectivity index (χ4n) is 3.88. The largest absolute Gasteiger partial charge is 0.355 e. The van der Waals surface area contributed by atoms with Gasteiger partial charge in [0.05, 0.1) is 10.6 Å². The van der Waals surface area contributed by atoms with Crippen LogP contribution in [0.2, 0.25) is 0 Å². The van der Waals surface area contributed by atoms with Gasteiger partial charge in [-0.05, 0) is 61.4 Å². The van der Waals surface area contributed by atoms with Crippen molar-refractivity contribution in [1.29, 1.82) is 0 Å². The van der Waals surface area contributed by atoms with Crippen molar-refractivity contribution in [3.05, 3.63) is 94.7 Å². The smallest absolute Gasteiger partial charge is 0.264 e. The van der Waals surface area contributed by atoms with Gasteiger partial charge in [-0.1, -0.05) is 59.3 Å². The normalized spacial score (nSPS) is 12.0. The molecule has 0 radical (unpaired) electrons. The van der Waals surface area contributed by atoms with Gasteiger partial charge in [-0.2, -0.15) is 0 Å². The van der Waals surface area contributed by atoms with Crippen molar-refractivity contribution >= 4 is 43.5 Å². The highest BCUT2D eigenvalue weighted by Crippen LogP contribution is 2.27. The average Bonchev–Trinajstić information content (AvgIpc) is 2.88. The number of carbonyl (C=O) groups is 2. The van der Waals surface area contributed by atoms with Crippen molar-refractivity contribution in [2.75, 3.05) is 17.4 Å². The number of likely N-dealkylation sites (N-methyl/N-ethyl adjacent to an activating group) is 1. The number of benzene rings is 3. The topological polar surface area (TPSA) is 86.8 Å². The zero-order valence-electron chi connectivity index (χ0n) is 20.6. The molecule has 2 amide bonds. The molecule has 0 bridgehead atoms. The van der Waals surface area contributed by atoms with Crippen LogP contribution >= 0.6 is 15.9 Å². The van der Waals surface area contributed by atoms with Crippen LogP contribution < -0.4 is 9.62 Å². The third-order valence-electron chi connectivity index (χ3n) is 5.71. The van der Waals surface area contributed by atoms with Crippen LogP contribution in [0, 0.1) is 5.82 Å². The average molecular weight is 591 g/mol. The Morgan fingerprint density at radius 1 is 0.973 bits per heavy atom. The lowest BCUT2D eigenvalue weighted by Crippen LogP contribution is -2.52. The number of hydrogen-bond donors (Lipinski definition) is 1. The van der Waals surface area contributed by atoms with E-state index in [1.807, 2.05) is 0 Å². The number of halogens is 2. The van der Waals surface area contributed by atoms with Crippen LogP contribution in [0.4, 0.5) is 10.1 Å². The molecule has 3 aromatic carbocycles. The summed E-state index contributed by atoms with van der Waals surface area (Å²) in [5.74, 6) is -1.34. The van der Waals surface area contributed by atoms with E-state index in [1.165, 1.54) is 41.3 Å². The number of rotatable bonds is 11. The van der Waals surface area contributed by atoms with Crippen molar-refractivity contribution in [1.82, 2.24) is 10.2 Å². The Balaban J connectivity index is 2.04. The van der Waals surface area contributed by atoms with Gasteiger partial charge in [-0.3, -0.25) is 13.9 Å². The molecule has 7 nitrogen and oxygen atoms in total. The third kappa shape index (κ3) is 7.17. The summed E-state index contributed by atoms with van der Waals surface area (Å²) >= 11 is 3.37. The van der Waals surface area contributed by atoms with Crippen molar-refractivity contribution in [3.63, 3.8) is 0 Å². The highest BCUT2D eigenvalue weighted by atomic mass is 79.9. The van der Waals surface area contributed by atoms with Gasteiger partial charge >= 0.3 is 0 Å². The SMILES string of the molecule is CCNC(=O)C(CC)N(Cc1ccc(F)cc1)C(=O)CN(c1cccc(Br)c1)S(=O)(=O)c1ccccc1. The molecule has 0 spiro atoms. The molecule has 0 aliphatic heterocycles. The number of carbonyl (C=O) groups excluding carboxylic acids is 2. The summed E-state index contributed by atoms with van der Waals surface area (Å²) in [6.45, 7) is 3.40. The van der Waals surface area contributed by atoms with Gasteiger partial charge in [0.25, 0.3) is 10.0 Å². The third-order valence-corrected chi connectivity index (χ3v) is 7.99. The lowest BCUT2D eigenvalue weighted by molar-refractivity contribution is -0.140. The summed E-state index contributed by atoms with van der Waals surface area (Å²) in [5.41, 5.74) is 0.900. The molecule has 3 aromatic rings. The first-order chi connectivity index (χ1) is 17.7. The van der Waals surface area contributed by atoms with Crippen LogP contribution in [0.25, 0.3) is 0 Å². The molecule has 0 aliphatic rings. The summed E-state index contributed by atoms with van der Waals surface area (Å²) in [5, 5.41) is 2.74. The molecule has 196 valence electrons. The molecule has 0 fully saturated rings. The maximum absolute atomic E-state index is 13.8. The van der Waals surface area contributed by atoms with E-state index < -0.39 is 34.3 Å². The molecule has 10 heteroatoms. The number of hydrogen-bond acceptors (Lipinski definition) is 4. The predicted octanol–water partition coefficient (Wildman–Crippen LogP) is 4.73. The molecule has 0 saturated heterocycles. The quantitative estimate of drug-likeness (QED) is 0.350. The van der Waals surface area contributed by atoms with Crippen LogP contribution in [0.5, 0.6) is 0 Å². The highest BCUT2D eigenvalue weighted by Gasteiger charge is 2.33. The van der Waals surface area contributed by atoms with Crippen molar-refractivity contribution in [2.45, 2.75) is 37.8 Å². The van der Waals surface area contributed by atoms with Crippen LogP contribution in [0.1, 0.15) is 25.8 Å². The molecule has 1 N–H and O–H groups in total. The maximum atomic E-state index is 13.8. The molecule has 37 heavy (non-hydrogen) atoms. The molecular formula is C27H29BrFN3O4S. The van der Waals surface area contributed by atoms with Crippen LogP contribution in [0.3, 0.4) is 0 Å². The molecular weight excluding hydrogens is 561 g/mol. The lowest BCUT2D eigenvalue weighted by Gasteiger charge is -2.33. The molecule has 1 atom stereocenters. The monoisotopic (exact) mass is 589 g/mol. The van der Waals surface area contributed by atoms with Gasteiger partial charge in [0.1, 0.15) is 18.4 Å². The number of nitrogens with one attached hydrogen (secondary N) is 1. The standard InChI is InChI=1S/C27H29BrFN3O4S/c1-3-25(27(34)30-4-2)31(18-20-13-15-22(29)16-14-20)26(33)19-32(23-10-8-9-21(28)17-23)37(35,36)24-11-6-5-7-12-24/h5-17,25H,3-4,18-19H2,1-2H3,(H,30,34). The van der Waals surface area contributed by atoms with E-state index in [9.17, 15) is 22.4 Å². The summed E-state index contributed by atoms with van der Waals surface area (Å²) in [6.07, 6.45) is 0.307. The summed E-state index contributed by atoms with van der Waals surface area (Å²) in [6, 6.07) is 19.3. The van der Waals surface area contributed by atoms with Crippen LogP contribution in [-0.4, -0.2) is 44.3 Å². The first-order valence-corrected chi connectivity index (χ1v) is 14.1. The lowest BCUT2D eigenvalue weighted by atomic mass is 10.1. The van der Waals surface area contributed by atoms with E-state index in [1.54, 1.807) is 56.3 Å². The summed E-state index contributed by atoms with van der Waals surface area (Å²) in [7, 11) is -4.13. The van der Waals surface area contributed by atoms with E-state index in [0.717, 1.165) is 4.31 Å². The van der Waals surface area contributed by atoms with Crippen molar-refractivity contribution in [3.8, 4) is 0 Å². The Morgan fingerprint density at radius 3 is 2.24 bits per heavy atom. The number of amides is 2. The fraction of sp³-hybridized carbons (Fsp3) is 0.259. The van der Waals surface area contributed by atoms with Gasteiger partial charge in [0.15, 0.2) is 0 Å². The molecule has 3 rings (SSSR count). The number of nitrogens with zero attached hydrogens (tertiary/aromatic N) is 2. The molecule has 0 saturated carbocycles. The first-order valence-electron chi connectivity index (χ1n) is 11.8. The first kappa shape index (κ1) is 28.3. The van der Waals surface area contributed by atoms with Gasteiger partial charge in [0, 0.05) is 17.6 Å². The minimum absolute atomic E-state index is 0.00641. The Morgan fingerprint density at radius 2 is 1.65 bits per heavy atom. The van der Waals surface area contributed by atoms with Crippen LogP contribution in [-0.2, 0) is 26.2 Å². The highest BCUT2D eigenvalue weighted by molar-refractivity contribution is 9.10. The molecule has 0 heterocycles. The number of sulfonamides is 1. The Kier molecular flexibility index (Phi) is 9.82. The van der Waals surface area contributed by atoms with Gasteiger partial charge < -0.3 is 10.2 Å². The minimum Gasteiger partial charge on any atom is -0.355 e. The minimum atomic E-state index is -4.13. The predicted molar refractivity (Wildman–Crippen MR) is 145 cm³/mol. The van der Waals surface area contributed by atoms with Gasteiger partial charge in [0.2, 0.25) is 11.8 Å². The van der Waals surface area contributed by atoms with E-state index in [-0.39, 0.29) is 17.3 Å². The van der Waals surface area contributed by atoms with E-state index in [0.29, 0.717) is 28.7 Å². The Bertz CT molecular complexity index is 1320. The van der Waals surface area contributed by atoms with Crippen molar-refractivity contribution in [2.24, 2.45) is 0 Å². The zero-order chi connectivity index (χ0) is 27.0. The zero-order valence-corrected chi connectivity index (χ0v) is 23.0. The van der Waals surface area contributed by atoms with Crippen molar-refractivity contribution < 1.29 is 22.4 Å². The summed E-state index contributed by atoms with van der Waals surface area (Å²) in [4.78, 5) is 28.1. The van der Waals surface area contributed by atoms with Gasteiger partial charge in [-0.25, -0.2) is 12.8 Å². The molecule has 0 aromatic heterocycles. The number of anilines is 1. The molecule has 0 aliphatic carbocycles. The second-order valence-electron chi connectivity index (χ2n) is 8.27. The fourth-order valence-corrected chi connectivity index (χ4v) is 5.69. The van der Waals surface area contributed by atoms with Gasteiger partial charge in [-0.15, -0.1) is 0 Å². The van der Waals surface area contributed by atoms with E-state index >= 15 is 0 Å². The maximum Gasteiger partial charge on any atom is 0.264 e. The summed E-state index contributed by atoms with van der Waals surface area (Å²) < 4.78 is 42.6. The van der Waals surface area contributed by atoms with E-state index in [2.05, 4.69) is 21.2 Å². The Hall–Kier alpha value is -3.24. The molecule has 1 unspecified atom stereocenters. The van der Waals surface area contributed by atoms with Crippen LogP contribution in [0.15, 0.2) is 88.2 Å². The Labute approximate surface area is 225 Å².